The average molecular weight is 426 g/mol. The van der Waals surface area contributed by atoms with Crippen molar-refractivity contribution in [2.24, 2.45) is 0 Å². The van der Waals surface area contributed by atoms with Crippen LogP contribution in [0.15, 0.2) is 98.0 Å². The fraction of sp³-hybridized carbons (Fsp3) is 0.0556. The van der Waals surface area contributed by atoms with Crippen molar-refractivity contribution in [3.05, 3.63) is 98.0 Å². The van der Waals surface area contributed by atoms with Crippen molar-refractivity contribution in [1.29, 1.82) is 0 Å². The largest absolute Gasteiger partial charge is 1.00 e. The average Bonchev–Trinajstić information content (AvgIpc) is 2.70. The summed E-state index contributed by atoms with van der Waals surface area (Å²) in [5.74, 6) is 0. The Morgan fingerprint density at radius 3 is 1.67 bits per heavy atom. The molecule has 3 aromatic rings. The molecule has 0 radical (unpaired) electrons. The molecule has 0 amide bonds. The maximum absolute atomic E-state index is 3.39. The number of aromatic nitrogens is 3. The maximum atomic E-state index is 3.39. The molecule has 0 aliphatic carbocycles. The molecule has 0 saturated carbocycles. The van der Waals surface area contributed by atoms with Gasteiger partial charge in [0.15, 0.2) is 25.1 Å². The van der Waals surface area contributed by atoms with Gasteiger partial charge in [0.25, 0.3) is 0 Å². The Bertz CT molecular complexity index is 833. The first-order chi connectivity index (χ1) is 11.9. The number of nitrogens with zero attached hydrogens (tertiary/aromatic N) is 5. The molecule has 1 N–H and O–H groups in total. The van der Waals surface area contributed by atoms with E-state index in [2.05, 4.69) is 28.7 Å². The summed E-state index contributed by atoms with van der Waals surface area (Å²) in [6, 6.07) is 18.1. The Morgan fingerprint density at radius 2 is 1.11 bits per heavy atom. The van der Waals surface area contributed by atoms with Gasteiger partial charge in [-0.15, -0.1) is 0 Å². The molecule has 1 aliphatic rings. The van der Waals surface area contributed by atoms with Gasteiger partial charge >= 0.3 is 0 Å². The quantitative estimate of drug-likeness (QED) is 0.423. The Labute approximate surface area is 177 Å². The van der Waals surface area contributed by atoms with Gasteiger partial charge in [0.05, 0.1) is 0 Å². The highest BCUT2D eigenvalue weighted by atomic mass is 35.5. The van der Waals surface area contributed by atoms with Crippen LogP contribution in [0.3, 0.4) is 0 Å². The Hall–Kier alpha value is -2.38. The van der Waals surface area contributed by atoms with Gasteiger partial charge in [0, 0.05) is 36.4 Å². The molecule has 6 nitrogen and oxygen atoms in total. The molecule has 0 fully saturated rings. The Morgan fingerprint density at radius 1 is 0.630 bits per heavy atom. The van der Waals surface area contributed by atoms with Crippen LogP contribution in [0.5, 0.6) is 0 Å². The van der Waals surface area contributed by atoms with Gasteiger partial charge in [-0.2, -0.15) is 4.57 Å². The van der Waals surface area contributed by atoms with E-state index >= 15 is 0 Å². The van der Waals surface area contributed by atoms with E-state index in [1.807, 2.05) is 99.0 Å². The maximum Gasteiger partial charge on any atom is 0.237 e. The smallest absolute Gasteiger partial charge is 0.237 e. The van der Waals surface area contributed by atoms with Gasteiger partial charge in [-0.3, -0.25) is 0 Å². The Balaban J connectivity index is 0.00000121. The van der Waals surface area contributed by atoms with Gasteiger partial charge in [0.1, 0.15) is 0 Å². The lowest BCUT2D eigenvalue weighted by Gasteiger charge is -2.25. The first-order valence-corrected chi connectivity index (χ1v) is 7.84. The van der Waals surface area contributed by atoms with Crippen LogP contribution in [0.25, 0.3) is 5.70 Å². The first kappa shape index (κ1) is 22.7. The zero-order valence-corrected chi connectivity index (χ0v) is 16.6. The van der Waals surface area contributed by atoms with Crippen LogP contribution in [0.1, 0.15) is 0 Å². The lowest BCUT2D eigenvalue weighted by atomic mass is 10.4. The molecule has 4 heterocycles. The van der Waals surface area contributed by atoms with Gasteiger partial charge in [-0.25, -0.2) is 0 Å². The third-order valence-electron chi connectivity index (χ3n) is 3.78. The van der Waals surface area contributed by atoms with Crippen molar-refractivity contribution in [3.8, 4) is 0 Å². The highest BCUT2D eigenvalue weighted by Crippen LogP contribution is 2.00. The minimum atomic E-state index is 0. The van der Waals surface area contributed by atoms with Crippen LogP contribution in [0.4, 0.5) is 0 Å². The van der Waals surface area contributed by atoms with Gasteiger partial charge in [0.2, 0.25) is 30.5 Å². The fourth-order valence-electron chi connectivity index (χ4n) is 2.59. The third-order valence-corrected chi connectivity index (χ3v) is 3.78. The van der Waals surface area contributed by atoms with Crippen molar-refractivity contribution in [2.45, 2.75) is 0 Å². The second-order valence-electron chi connectivity index (χ2n) is 5.42. The summed E-state index contributed by atoms with van der Waals surface area (Å²) >= 11 is 0. The zero-order valence-electron chi connectivity index (χ0n) is 14.3. The van der Waals surface area contributed by atoms with E-state index < -0.39 is 0 Å². The van der Waals surface area contributed by atoms with E-state index in [9.17, 15) is 0 Å². The summed E-state index contributed by atoms with van der Waals surface area (Å²) in [4.78, 5) is 0. The number of hydrazine groups is 2. The van der Waals surface area contributed by atoms with Crippen molar-refractivity contribution in [1.82, 2.24) is 5.53 Å². The number of hydrogen-bond acceptors (Lipinski definition) is 3. The zero-order chi connectivity index (χ0) is 16.2. The van der Waals surface area contributed by atoms with Crippen LogP contribution < -0.4 is 66.9 Å². The molecular weight excluding hydrogens is 407 g/mol. The van der Waals surface area contributed by atoms with Crippen LogP contribution in [-0.2, 0) is 0 Å². The second kappa shape index (κ2) is 10.7. The molecule has 27 heavy (non-hydrogen) atoms. The van der Waals surface area contributed by atoms with E-state index in [1.165, 1.54) is 0 Å². The summed E-state index contributed by atoms with van der Waals surface area (Å²) in [7, 11) is 0. The minimum absolute atomic E-state index is 0. The molecule has 0 bridgehead atoms. The van der Waals surface area contributed by atoms with E-state index in [0.717, 1.165) is 5.70 Å². The van der Waals surface area contributed by atoms with Gasteiger partial charge in [-0.1, -0.05) is 37.8 Å². The number of rotatable bonds is 3. The summed E-state index contributed by atoms with van der Waals surface area (Å²) < 4.78 is 6.12. The van der Waals surface area contributed by atoms with Crippen LogP contribution in [0, 0.1) is 0 Å². The monoisotopic (exact) mass is 424 g/mol. The van der Waals surface area contributed by atoms with Gasteiger partial charge in [-0.05, 0) is 5.53 Å². The molecule has 9 heteroatoms. The third kappa shape index (κ3) is 5.30. The molecule has 0 spiro atoms. The fourth-order valence-corrected chi connectivity index (χ4v) is 2.59. The highest BCUT2D eigenvalue weighted by molar-refractivity contribution is 5.40. The van der Waals surface area contributed by atoms with E-state index in [0.29, 0.717) is 6.54 Å². The number of pyridine rings is 3. The standard InChI is InChI=1S/C18H19N6.3ClH/c1-4-10-20(11-5-1)18-16-23(21-12-6-2-7-13-21)19-24(17-18)22-14-8-3-9-15-22;;;/h1-16,19H,17H2;3*1H/q+3;;;/p-3. The number of hydrogen-bond donors (Lipinski definition) is 1. The SMILES string of the molecule is C1=C([n+]2ccccc2)CN([n+]2ccccc2)NN1[n+]1ccccc1.[Cl-].[Cl-].[Cl-]. The first-order valence-electron chi connectivity index (χ1n) is 7.84. The number of nitrogens with one attached hydrogen (secondary N) is 1. The molecule has 142 valence electrons. The lowest BCUT2D eigenvalue weighted by Crippen LogP contribution is -3.00. The normalized spacial score (nSPS) is 12.8. The summed E-state index contributed by atoms with van der Waals surface area (Å²) in [6.07, 6.45) is 14.2. The van der Waals surface area contributed by atoms with Crippen molar-refractivity contribution < 1.29 is 51.1 Å². The lowest BCUT2D eigenvalue weighted by molar-refractivity contribution is -0.732. The Kier molecular flexibility index (Phi) is 8.97. The molecule has 0 aromatic carbocycles. The molecular formula is C18H19Cl3N6. The molecule has 0 unspecified atom stereocenters. The predicted octanol–water partition coefficient (Wildman–Crippen LogP) is -8.93. The van der Waals surface area contributed by atoms with E-state index in [1.54, 1.807) is 0 Å². The summed E-state index contributed by atoms with van der Waals surface area (Å²) in [5.41, 5.74) is 4.53. The van der Waals surface area contributed by atoms with Crippen LogP contribution in [0.2, 0.25) is 0 Å². The van der Waals surface area contributed by atoms with E-state index in [4.69, 9.17) is 0 Å². The number of halogens is 3. The molecule has 3 aromatic heterocycles. The summed E-state index contributed by atoms with van der Waals surface area (Å²) in [5, 5.41) is 3.98. The van der Waals surface area contributed by atoms with Crippen LogP contribution >= 0.6 is 0 Å². The van der Waals surface area contributed by atoms with Gasteiger partial charge < -0.3 is 37.2 Å². The topological polar surface area (TPSA) is 30.2 Å². The van der Waals surface area contributed by atoms with E-state index in [-0.39, 0.29) is 37.2 Å². The van der Waals surface area contributed by atoms with Crippen molar-refractivity contribution >= 4 is 5.70 Å². The molecule has 1 aliphatic heterocycles. The van der Waals surface area contributed by atoms with Crippen molar-refractivity contribution in [2.75, 3.05) is 16.8 Å². The summed E-state index contributed by atoms with van der Waals surface area (Å²) in [6.45, 7) is 0.716. The molecule has 4 rings (SSSR count). The second-order valence-corrected chi connectivity index (χ2v) is 5.42. The molecule has 0 saturated heterocycles. The van der Waals surface area contributed by atoms with Crippen molar-refractivity contribution in [3.63, 3.8) is 0 Å². The minimum Gasteiger partial charge on any atom is -1.00 e. The van der Waals surface area contributed by atoms with Crippen LogP contribution in [-0.4, -0.2) is 6.54 Å². The molecule has 0 atom stereocenters. The predicted molar refractivity (Wildman–Crippen MR) is 88.6 cm³/mol. The highest BCUT2D eigenvalue weighted by Gasteiger charge is 2.31.